The van der Waals surface area contributed by atoms with Gasteiger partial charge < -0.3 is 9.80 Å². The fraction of sp³-hybridized carbons (Fsp3) is 0.273. The van der Waals surface area contributed by atoms with Crippen LogP contribution in [-0.4, -0.2) is 0 Å². The van der Waals surface area contributed by atoms with Crippen molar-refractivity contribution in [2.45, 2.75) is 99.3 Å². The van der Waals surface area contributed by atoms with Crippen LogP contribution in [0.1, 0.15) is 104 Å². The molecule has 0 saturated heterocycles. The van der Waals surface area contributed by atoms with Gasteiger partial charge in [0.05, 0.1) is 0 Å². The van der Waals surface area contributed by atoms with Gasteiger partial charge in [0.25, 0.3) is 0 Å². The first-order valence-electron chi connectivity index (χ1n) is 20.7. The molecule has 0 radical (unpaired) electrons. The molecule has 7 aromatic rings. The van der Waals surface area contributed by atoms with Crippen LogP contribution >= 0.6 is 0 Å². The Kier molecular flexibility index (Phi) is 8.25. The van der Waals surface area contributed by atoms with Gasteiger partial charge in [0.1, 0.15) is 0 Å². The molecular weight excluding hydrogens is 689 g/mol. The first-order chi connectivity index (χ1) is 27.0. The maximum absolute atomic E-state index is 2.51. The molecule has 0 aliphatic heterocycles. The molecule has 0 amide bonds. The van der Waals surface area contributed by atoms with Crippen LogP contribution in [0.2, 0.25) is 0 Å². The maximum atomic E-state index is 2.51. The Morgan fingerprint density at radius 2 is 0.895 bits per heavy atom. The Morgan fingerprint density at radius 3 is 1.40 bits per heavy atom. The molecule has 2 aliphatic carbocycles. The fourth-order valence-electron chi connectivity index (χ4n) is 10.1. The van der Waals surface area contributed by atoms with E-state index in [9.17, 15) is 0 Å². The molecular formula is C55H56N2. The topological polar surface area (TPSA) is 6.48 Å². The lowest BCUT2D eigenvalue weighted by atomic mass is 9.68. The quantitative estimate of drug-likeness (QED) is 0.167. The fourth-order valence-corrected chi connectivity index (χ4v) is 10.1. The lowest BCUT2D eigenvalue weighted by molar-refractivity contribution is 0.590. The molecule has 0 fully saturated rings. The van der Waals surface area contributed by atoms with E-state index < -0.39 is 0 Å². The Hall–Kier alpha value is -5.60. The van der Waals surface area contributed by atoms with E-state index in [1.807, 2.05) is 0 Å². The van der Waals surface area contributed by atoms with Crippen LogP contribution in [0.4, 0.5) is 34.1 Å². The van der Waals surface area contributed by atoms with E-state index in [0.717, 1.165) is 17.1 Å². The molecule has 0 heterocycles. The highest BCUT2D eigenvalue weighted by Gasteiger charge is 2.45. The SMILES string of the molecule is Cc1ccc(N(c2ccc(N(c3ccc(C(C)(C)C)cc3)c3cc4c5c(c3)C(C)(C)c3cccc6c(C)cc(c-5c36)C4(C)C)cc2)c2ccc(C)cc2C)c(C)c1. The first-order valence-corrected chi connectivity index (χ1v) is 20.7. The minimum atomic E-state index is -0.179. The molecule has 7 aromatic carbocycles. The summed E-state index contributed by atoms with van der Waals surface area (Å²) in [5.41, 5.74) is 23.1. The Balaban J connectivity index is 1.25. The molecule has 0 bridgehead atoms. The summed E-state index contributed by atoms with van der Waals surface area (Å²) >= 11 is 0. The van der Waals surface area contributed by atoms with Crippen molar-refractivity contribution in [2.75, 3.05) is 9.80 Å². The van der Waals surface area contributed by atoms with Gasteiger partial charge in [-0.05, 0) is 167 Å². The zero-order valence-corrected chi connectivity index (χ0v) is 35.9. The van der Waals surface area contributed by atoms with Crippen molar-refractivity contribution in [3.8, 4) is 11.1 Å². The van der Waals surface area contributed by atoms with Crippen molar-refractivity contribution in [3.05, 3.63) is 177 Å². The molecule has 2 aliphatic rings. The molecule has 57 heavy (non-hydrogen) atoms. The van der Waals surface area contributed by atoms with Crippen molar-refractivity contribution in [3.63, 3.8) is 0 Å². The van der Waals surface area contributed by atoms with Crippen LogP contribution in [0.5, 0.6) is 0 Å². The van der Waals surface area contributed by atoms with Gasteiger partial charge in [-0.15, -0.1) is 0 Å². The molecule has 2 heteroatoms. The average Bonchev–Trinajstić information content (AvgIpc) is 3.38. The molecule has 2 nitrogen and oxygen atoms in total. The number of benzene rings is 7. The Labute approximate surface area is 340 Å². The second-order valence-corrected chi connectivity index (χ2v) is 19.1. The molecule has 0 spiro atoms. The van der Waals surface area contributed by atoms with E-state index in [1.54, 1.807) is 0 Å². The molecule has 0 saturated carbocycles. The highest BCUT2D eigenvalue weighted by Crippen LogP contribution is 2.61. The van der Waals surface area contributed by atoms with Crippen LogP contribution in [0.25, 0.3) is 21.9 Å². The normalized spacial score (nSPS) is 14.6. The number of rotatable bonds is 6. The summed E-state index contributed by atoms with van der Waals surface area (Å²) in [7, 11) is 0. The van der Waals surface area contributed by atoms with Crippen LogP contribution in [0.3, 0.4) is 0 Å². The number of hydrogen-bond acceptors (Lipinski definition) is 2. The third-order valence-electron chi connectivity index (χ3n) is 13.2. The number of aryl methyl sites for hydroxylation is 5. The van der Waals surface area contributed by atoms with Gasteiger partial charge in [0, 0.05) is 45.0 Å². The van der Waals surface area contributed by atoms with Gasteiger partial charge >= 0.3 is 0 Å². The summed E-state index contributed by atoms with van der Waals surface area (Å²) in [6, 6.07) is 46.5. The predicted octanol–water partition coefficient (Wildman–Crippen LogP) is 15.6. The molecule has 0 aromatic heterocycles. The smallest absolute Gasteiger partial charge is 0.0491 e. The zero-order valence-electron chi connectivity index (χ0n) is 35.9. The van der Waals surface area contributed by atoms with Gasteiger partial charge in [-0.25, -0.2) is 0 Å². The first kappa shape index (κ1) is 37.0. The van der Waals surface area contributed by atoms with Crippen molar-refractivity contribution in [1.29, 1.82) is 0 Å². The minimum Gasteiger partial charge on any atom is -0.310 e. The lowest BCUT2D eigenvalue weighted by Gasteiger charge is -2.37. The van der Waals surface area contributed by atoms with E-state index >= 15 is 0 Å². The summed E-state index contributed by atoms with van der Waals surface area (Å²) < 4.78 is 0. The van der Waals surface area contributed by atoms with E-state index in [2.05, 4.69) is 214 Å². The summed E-state index contributed by atoms with van der Waals surface area (Å²) in [6.45, 7) is 27.7. The lowest BCUT2D eigenvalue weighted by Crippen LogP contribution is -2.25. The predicted molar refractivity (Wildman–Crippen MR) is 245 cm³/mol. The highest BCUT2D eigenvalue weighted by atomic mass is 15.2. The third kappa shape index (κ3) is 5.66. The van der Waals surface area contributed by atoms with Crippen molar-refractivity contribution in [2.24, 2.45) is 0 Å². The second kappa shape index (κ2) is 12.7. The van der Waals surface area contributed by atoms with Gasteiger partial charge in [-0.1, -0.05) is 120 Å². The Morgan fingerprint density at radius 1 is 0.421 bits per heavy atom. The van der Waals surface area contributed by atoms with Crippen molar-refractivity contribution >= 4 is 44.9 Å². The Bertz CT molecular complexity index is 2700. The summed E-state index contributed by atoms with van der Waals surface area (Å²) in [4.78, 5) is 4.92. The van der Waals surface area contributed by atoms with Gasteiger partial charge in [0.15, 0.2) is 0 Å². The monoisotopic (exact) mass is 744 g/mol. The van der Waals surface area contributed by atoms with E-state index in [-0.39, 0.29) is 16.2 Å². The maximum Gasteiger partial charge on any atom is 0.0491 e. The highest BCUT2D eigenvalue weighted by molar-refractivity contribution is 6.10. The van der Waals surface area contributed by atoms with Crippen molar-refractivity contribution in [1.82, 2.24) is 0 Å². The van der Waals surface area contributed by atoms with Gasteiger partial charge in [0.2, 0.25) is 0 Å². The molecule has 286 valence electrons. The van der Waals surface area contributed by atoms with Crippen LogP contribution in [0.15, 0.2) is 121 Å². The standard InChI is InChI=1S/C55H56N2/c1-33-16-26-48(36(4)28-33)57(49-27-17-34(2)29-37(49)5)41-24-22-40(23-25-41)56(39-20-18-38(19-21-39)53(6,7)8)42-31-46-51-47(32-42)55(11,12)45-30-35(3)43-14-13-15-44(54(46,9)10)50(43)52(45)51/h13-32H,1-12H3. The summed E-state index contributed by atoms with van der Waals surface area (Å²) in [6.07, 6.45) is 0. The zero-order chi connectivity index (χ0) is 40.3. The number of anilines is 6. The molecule has 0 N–H and O–H groups in total. The minimum absolute atomic E-state index is 0.0606. The van der Waals surface area contributed by atoms with E-state index in [1.165, 1.54) is 94.6 Å². The summed E-state index contributed by atoms with van der Waals surface area (Å²) in [5, 5.41) is 2.83. The van der Waals surface area contributed by atoms with Gasteiger partial charge in [-0.2, -0.15) is 0 Å². The number of hydrogen-bond donors (Lipinski definition) is 0. The van der Waals surface area contributed by atoms with Crippen LogP contribution in [0, 0.1) is 34.6 Å². The molecule has 9 rings (SSSR count). The third-order valence-corrected chi connectivity index (χ3v) is 13.2. The largest absolute Gasteiger partial charge is 0.310 e. The summed E-state index contributed by atoms with van der Waals surface area (Å²) in [5.74, 6) is 0. The average molecular weight is 745 g/mol. The van der Waals surface area contributed by atoms with Crippen LogP contribution < -0.4 is 9.80 Å². The van der Waals surface area contributed by atoms with Gasteiger partial charge in [-0.3, -0.25) is 0 Å². The van der Waals surface area contributed by atoms with Crippen LogP contribution in [-0.2, 0) is 16.2 Å². The molecule has 0 unspecified atom stereocenters. The number of nitrogens with zero attached hydrogens (tertiary/aromatic N) is 2. The van der Waals surface area contributed by atoms with E-state index in [0.29, 0.717) is 0 Å². The van der Waals surface area contributed by atoms with E-state index in [4.69, 9.17) is 0 Å². The van der Waals surface area contributed by atoms with Crippen molar-refractivity contribution < 1.29 is 0 Å². The molecule has 0 atom stereocenters. The second-order valence-electron chi connectivity index (χ2n) is 19.1.